The van der Waals surface area contributed by atoms with Gasteiger partial charge in [0.15, 0.2) is 0 Å². The lowest BCUT2D eigenvalue weighted by atomic mass is 10.0. The Kier molecular flexibility index (Phi) is 5.59. The van der Waals surface area contributed by atoms with Gasteiger partial charge in [-0.15, -0.1) is 11.8 Å². The lowest BCUT2D eigenvalue weighted by Gasteiger charge is -2.17. The van der Waals surface area contributed by atoms with Crippen LogP contribution < -0.4 is 0 Å². The molecule has 144 valence electrons. The van der Waals surface area contributed by atoms with Gasteiger partial charge in [0.05, 0.1) is 11.0 Å². The smallest absolute Gasteiger partial charge is 0.251 e. The Hall–Kier alpha value is -3.17. The monoisotopic (exact) mass is 400 g/mol. The molecule has 0 aromatic carbocycles. The van der Waals surface area contributed by atoms with Gasteiger partial charge >= 0.3 is 0 Å². The minimum Gasteiger partial charge on any atom is -0.334 e. The quantitative estimate of drug-likeness (QED) is 0.438. The molecule has 0 N–H and O–H groups in total. The summed E-state index contributed by atoms with van der Waals surface area (Å²) < 4.78 is 0. The molecule has 1 amide bonds. The Labute approximate surface area is 174 Å². The third kappa shape index (κ3) is 3.87. The SMILES string of the molecule is C=CN=C(SC)C1=CC#CCC2=C1CN(CCc1ccc3ncccc3n1)C2=O. The van der Waals surface area contributed by atoms with Crippen LogP contribution in [0, 0.1) is 11.8 Å². The van der Waals surface area contributed by atoms with Gasteiger partial charge in [-0.1, -0.05) is 18.4 Å². The lowest BCUT2D eigenvalue weighted by molar-refractivity contribution is -0.125. The van der Waals surface area contributed by atoms with E-state index in [1.54, 1.807) is 6.20 Å². The van der Waals surface area contributed by atoms with Crippen molar-refractivity contribution in [1.82, 2.24) is 14.9 Å². The zero-order valence-corrected chi connectivity index (χ0v) is 17.0. The second kappa shape index (κ2) is 8.46. The summed E-state index contributed by atoms with van der Waals surface area (Å²) in [6, 6.07) is 7.79. The second-order valence-corrected chi connectivity index (χ2v) is 7.45. The first kappa shape index (κ1) is 19.2. The number of amides is 1. The van der Waals surface area contributed by atoms with E-state index in [4.69, 9.17) is 0 Å². The molecule has 3 heterocycles. The van der Waals surface area contributed by atoms with Crippen LogP contribution in [-0.4, -0.2) is 45.2 Å². The first-order valence-corrected chi connectivity index (χ1v) is 10.6. The second-order valence-electron chi connectivity index (χ2n) is 6.65. The molecule has 0 radical (unpaired) electrons. The summed E-state index contributed by atoms with van der Waals surface area (Å²) in [6.45, 7) is 4.87. The van der Waals surface area contributed by atoms with E-state index in [0.717, 1.165) is 38.5 Å². The molecule has 1 aliphatic carbocycles. The van der Waals surface area contributed by atoms with Gasteiger partial charge in [0, 0.05) is 55.2 Å². The standard InChI is InChI=1S/C23H20N4OS/c1-3-24-22(29-2)17-7-4-5-8-18-19(17)15-27(23(18)28)14-12-16-10-11-20-21(26-16)9-6-13-25-20/h3,6-7,9-11,13H,1,8,12,14-15H2,2H3. The molecule has 4 rings (SSSR count). The van der Waals surface area contributed by atoms with Crippen molar-refractivity contribution in [3.63, 3.8) is 0 Å². The highest BCUT2D eigenvalue weighted by Gasteiger charge is 2.32. The minimum atomic E-state index is 0.0589. The largest absolute Gasteiger partial charge is 0.334 e. The summed E-state index contributed by atoms with van der Waals surface area (Å²) in [5, 5.41) is 0.835. The summed E-state index contributed by atoms with van der Waals surface area (Å²) in [4.78, 5) is 28.2. The highest BCUT2D eigenvalue weighted by atomic mass is 32.2. The number of fused-ring (bicyclic) bond motifs is 1. The van der Waals surface area contributed by atoms with Gasteiger partial charge in [-0.25, -0.2) is 4.99 Å². The Morgan fingerprint density at radius 1 is 1.34 bits per heavy atom. The van der Waals surface area contributed by atoms with Crippen LogP contribution in [0.4, 0.5) is 0 Å². The molecule has 0 fully saturated rings. The van der Waals surface area contributed by atoms with Crippen molar-refractivity contribution in [1.29, 1.82) is 0 Å². The number of carbonyl (C=O) groups excluding carboxylic acids is 1. The molecule has 2 aliphatic rings. The van der Waals surface area contributed by atoms with E-state index >= 15 is 0 Å². The zero-order chi connectivity index (χ0) is 20.2. The summed E-state index contributed by atoms with van der Waals surface area (Å²) in [6.07, 6.45) is 8.29. The normalized spacial score (nSPS) is 16.3. The van der Waals surface area contributed by atoms with E-state index in [9.17, 15) is 4.79 Å². The number of aliphatic imine (C=N–C) groups is 1. The number of pyridine rings is 2. The number of allylic oxidation sites excluding steroid dienone is 1. The van der Waals surface area contributed by atoms with Crippen molar-refractivity contribution in [2.24, 2.45) is 4.99 Å². The van der Waals surface area contributed by atoms with Gasteiger partial charge < -0.3 is 4.90 Å². The molecule has 29 heavy (non-hydrogen) atoms. The molecule has 6 heteroatoms. The van der Waals surface area contributed by atoms with Gasteiger partial charge in [-0.3, -0.25) is 14.8 Å². The van der Waals surface area contributed by atoms with Crippen molar-refractivity contribution in [2.75, 3.05) is 19.3 Å². The van der Waals surface area contributed by atoms with E-state index in [1.807, 2.05) is 41.5 Å². The number of hydrogen-bond donors (Lipinski definition) is 0. The minimum absolute atomic E-state index is 0.0589. The number of rotatable bonds is 5. The molecule has 0 saturated carbocycles. The van der Waals surface area contributed by atoms with Crippen molar-refractivity contribution < 1.29 is 4.79 Å². The van der Waals surface area contributed by atoms with Gasteiger partial charge in [-0.05, 0) is 42.2 Å². The number of thioether (sulfide) groups is 1. The van der Waals surface area contributed by atoms with Gasteiger partial charge in [0.2, 0.25) is 0 Å². The molecule has 0 atom stereocenters. The van der Waals surface area contributed by atoms with Crippen LogP contribution in [0.2, 0.25) is 0 Å². The van der Waals surface area contributed by atoms with Crippen molar-refractivity contribution in [3.05, 3.63) is 71.7 Å². The highest BCUT2D eigenvalue weighted by Crippen LogP contribution is 2.31. The summed E-state index contributed by atoms with van der Waals surface area (Å²) >= 11 is 1.54. The topological polar surface area (TPSA) is 58.5 Å². The molecule has 0 saturated heterocycles. The van der Waals surface area contributed by atoms with Crippen LogP contribution in [0.25, 0.3) is 11.0 Å². The number of aromatic nitrogens is 2. The van der Waals surface area contributed by atoms with Crippen molar-refractivity contribution in [3.8, 4) is 11.8 Å². The van der Waals surface area contributed by atoms with Crippen LogP contribution in [0.3, 0.4) is 0 Å². The Morgan fingerprint density at radius 3 is 3.07 bits per heavy atom. The number of carbonyl (C=O) groups is 1. The Balaban J connectivity index is 1.52. The third-order valence-electron chi connectivity index (χ3n) is 4.95. The molecular weight excluding hydrogens is 380 g/mol. The Bertz CT molecular complexity index is 1150. The fourth-order valence-corrected chi connectivity index (χ4v) is 4.11. The molecule has 0 unspecified atom stereocenters. The first-order chi connectivity index (χ1) is 14.2. The molecule has 5 nitrogen and oxygen atoms in total. The van der Waals surface area contributed by atoms with Gasteiger partial charge in [-0.2, -0.15) is 0 Å². The molecular formula is C23H20N4OS. The third-order valence-corrected chi connectivity index (χ3v) is 5.66. The Morgan fingerprint density at radius 2 is 2.24 bits per heavy atom. The lowest BCUT2D eigenvalue weighted by Crippen LogP contribution is -2.30. The van der Waals surface area contributed by atoms with E-state index in [-0.39, 0.29) is 5.91 Å². The average molecular weight is 401 g/mol. The van der Waals surface area contributed by atoms with Gasteiger partial charge in [0.25, 0.3) is 5.91 Å². The van der Waals surface area contributed by atoms with E-state index in [0.29, 0.717) is 25.9 Å². The summed E-state index contributed by atoms with van der Waals surface area (Å²) in [5.74, 6) is 6.17. The van der Waals surface area contributed by atoms with Crippen LogP contribution in [0.5, 0.6) is 0 Å². The van der Waals surface area contributed by atoms with Crippen molar-refractivity contribution in [2.45, 2.75) is 12.8 Å². The maximum Gasteiger partial charge on any atom is 0.251 e. The number of nitrogens with zero attached hydrogens (tertiary/aromatic N) is 4. The average Bonchev–Trinajstić information content (AvgIpc) is 2.92. The van der Waals surface area contributed by atoms with E-state index < -0.39 is 0 Å². The van der Waals surface area contributed by atoms with Crippen LogP contribution in [0.1, 0.15) is 12.1 Å². The van der Waals surface area contributed by atoms with E-state index in [1.165, 1.54) is 18.0 Å². The van der Waals surface area contributed by atoms with Crippen LogP contribution in [0.15, 0.2) is 71.0 Å². The molecule has 2 aromatic rings. The first-order valence-electron chi connectivity index (χ1n) is 9.35. The fourth-order valence-electron chi connectivity index (χ4n) is 3.53. The van der Waals surface area contributed by atoms with E-state index in [2.05, 4.69) is 33.4 Å². The van der Waals surface area contributed by atoms with Crippen LogP contribution in [-0.2, 0) is 11.2 Å². The van der Waals surface area contributed by atoms with Gasteiger partial charge in [0.1, 0.15) is 5.04 Å². The molecule has 2 aromatic heterocycles. The predicted molar refractivity (Wildman–Crippen MR) is 118 cm³/mol. The van der Waals surface area contributed by atoms with Crippen LogP contribution >= 0.6 is 11.8 Å². The summed E-state index contributed by atoms with van der Waals surface area (Å²) in [7, 11) is 0. The molecule has 1 aliphatic heterocycles. The molecule has 0 bridgehead atoms. The maximum absolute atomic E-state index is 13.0. The number of hydrogen-bond acceptors (Lipinski definition) is 5. The van der Waals surface area contributed by atoms with Crippen molar-refractivity contribution >= 4 is 33.7 Å². The fraction of sp³-hybridized carbons (Fsp3) is 0.217. The molecule has 0 spiro atoms. The highest BCUT2D eigenvalue weighted by molar-refractivity contribution is 8.13. The predicted octanol–water partition coefficient (Wildman–Crippen LogP) is 3.55. The maximum atomic E-state index is 13.0. The summed E-state index contributed by atoms with van der Waals surface area (Å²) in [5.41, 5.74) is 5.43. The zero-order valence-electron chi connectivity index (χ0n) is 16.2.